The summed E-state index contributed by atoms with van der Waals surface area (Å²) >= 11 is 9.34. The summed E-state index contributed by atoms with van der Waals surface area (Å²) in [6.45, 7) is 2.29. The lowest BCUT2D eigenvalue weighted by molar-refractivity contribution is 0.0892. The first-order valence-corrected chi connectivity index (χ1v) is 13.4. The van der Waals surface area contributed by atoms with E-state index < -0.39 is 15.7 Å². The first-order valence-electron chi connectivity index (χ1n) is 10.7. The van der Waals surface area contributed by atoms with Crippen molar-refractivity contribution in [3.8, 4) is 0 Å². The number of benzene rings is 2. The Kier molecular flexibility index (Phi) is 7.58. The number of piperidine rings is 1. The lowest BCUT2D eigenvalue weighted by Crippen LogP contribution is -2.40. The Balaban J connectivity index is 1.48. The molecule has 1 aromatic heterocycles. The Hall–Kier alpha value is -2.13. The second kappa shape index (κ2) is 10.4. The summed E-state index contributed by atoms with van der Waals surface area (Å²) in [4.78, 5) is 15.3. The molecule has 9 heteroatoms. The number of halogens is 2. The number of rotatable bonds is 7. The van der Waals surface area contributed by atoms with Crippen LogP contribution in [0.15, 0.2) is 79.5 Å². The van der Waals surface area contributed by atoms with Crippen molar-refractivity contribution in [3.05, 3.63) is 81.5 Å². The molecule has 1 fully saturated rings. The smallest absolute Gasteiger partial charge is 0.287 e. The lowest BCUT2D eigenvalue weighted by atomic mass is 10.0. The van der Waals surface area contributed by atoms with Crippen LogP contribution in [0.4, 0.5) is 0 Å². The zero-order valence-electron chi connectivity index (χ0n) is 17.8. The average Bonchev–Trinajstić information content (AvgIpc) is 3.33. The molecule has 4 rings (SSSR count). The molecule has 1 aliphatic rings. The van der Waals surface area contributed by atoms with Crippen LogP contribution in [0.3, 0.4) is 0 Å². The van der Waals surface area contributed by atoms with Gasteiger partial charge in [-0.05, 0) is 80.0 Å². The van der Waals surface area contributed by atoms with Crippen LogP contribution >= 0.6 is 27.5 Å². The molecule has 0 saturated carbocycles. The third-order valence-corrected chi connectivity index (χ3v) is 8.16. The molecule has 2 heterocycles. The summed E-state index contributed by atoms with van der Waals surface area (Å²) < 4.78 is 31.8. The minimum Gasteiger partial charge on any atom is -0.439 e. The quantitative estimate of drug-likeness (QED) is 0.420. The molecule has 1 unspecified atom stereocenters. The summed E-state index contributed by atoms with van der Waals surface area (Å²) in [5.74, 6) is -0.498. The Labute approximate surface area is 207 Å². The Bertz CT molecular complexity index is 1200. The van der Waals surface area contributed by atoms with Gasteiger partial charge in [0.1, 0.15) is 0 Å². The molecule has 33 heavy (non-hydrogen) atoms. The van der Waals surface area contributed by atoms with E-state index >= 15 is 0 Å². The maximum Gasteiger partial charge on any atom is 0.287 e. The van der Waals surface area contributed by atoms with E-state index in [1.807, 2.05) is 24.3 Å². The number of carbonyl (C=O) groups is 1. The highest BCUT2D eigenvalue weighted by atomic mass is 79.9. The second-order valence-electron chi connectivity index (χ2n) is 7.95. The van der Waals surface area contributed by atoms with Crippen LogP contribution in [0, 0.1) is 0 Å². The van der Waals surface area contributed by atoms with E-state index in [1.54, 1.807) is 12.1 Å². The predicted octanol–water partition coefficient (Wildman–Crippen LogP) is 5.49. The number of furan rings is 1. The monoisotopic (exact) mass is 550 g/mol. The fourth-order valence-corrected chi connectivity index (χ4v) is 5.53. The van der Waals surface area contributed by atoms with Gasteiger partial charge in [0.25, 0.3) is 5.91 Å². The zero-order valence-corrected chi connectivity index (χ0v) is 21.0. The zero-order chi connectivity index (χ0) is 23.4. The van der Waals surface area contributed by atoms with Crippen molar-refractivity contribution in [2.75, 3.05) is 19.6 Å². The molecule has 0 aliphatic carbocycles. The standard InChI is InChI=1S/C24H24BrClN2O4S/c25-18-6-10-20(11-7-18)33(30,31)23-13-12-22(32-23)24(29)27-16-21(28-14-2-1-3-15-28)17-4-8-19(26)9-5-17/h4-13,21H,1-3,14-16H2,(H,27,29). The van der Waals surface area contributed by atoms with E-state index in [2.05, 4.69) is 26.1 Å². The van der Waals surface area contributed by atoms with Crippen LogP contribution < -0.4 is 5.32 Å². The van der Waals surface area contributed by atoms with Crippen LogP contribution in [0.2, 0.25) is 5.02 Å². The van der Waals surface area contributed by atoms with E-state index in [4.69, 9.17) is 16.0 Å². The van der Waals surface area contributed by atoms with Crippen molar-refractivity contribution < 1.29 is 17.6 Å². The van der Waals surface area contributed by atoms with E-state index in [1.165, 1.54) is 30.7 Å². The first-order chi connectivity index (χ1) is 15.8. The van der Waals surface area contributed by atoms with E-state index in [0.29, 0.717) is 11.6 Å². The molecule has 1 N–H and O–H groups in total. The van der Waals surface area contributed by atoms with Gasteiger partial charge in [-0.2, -0.15) is 0 Å². The molecule has 3 aromatic rings. The van der Waals surface area contributed by atoms with Gasteiger partial charge in [-0.15, -0.1) is 0 Å². The molecular weight excluding hydrogens is 528 g/mol. The lowest BCUT2D eigenvalue weighted by Gasteiger charge is -2.35. The van der Waals surface area contributed by atoms with Gasteiger partial charge in [-0.1, -0.05) is 46.1 Å². The van der Waals surface area contributed by atoms with Gasteiger partial charge in [-0.3, -0.25) is 9.69 Å². The fraction of sp³-hybridized carbons (Fsp3) is 0.292. The SMILES string of the molecule is O=C(NCC(c1ccc(Cl)cc1)N1CCCCC1)c1ccc(S(=O)(=O)c2ccc(Br)cc2)o1. The second-order valence-corrected chi connectivity index (χ2v) is 11.2. The van der Waals surface area contributed by atoms with Crippen LogP contribution in [0.1, 0.15) is 41.4 Å². The van der Waals surface area contributed by atoms with E-state index in [9.17, 15) is 13.2 Å². The number of hydrogen-bond donors (Lipinski definition) is 1. The Morgan fingerprint density at radius 2 is 1.67 bits per heavy atom. The number of hydrogen-bond acceptors (Lipinski definition) is 5. The van der Waals surface area contributed by atoms with Gasteiger partial charge in [0.2, 0.25) is 14.9 Å². The van der Waals surface area contributed by atoms with Crippen LogP contribution in [-0.2, 0) is 9.84 Å². The molecule has 0 spiro atoms. The largest absolute Gasteiger partial charge is 0.439 e. The van der Waals surface area contributed by atoms with E-state index in [0.717, 1.165) is 36.0 Å². The molecule has 174 valence electrons. The van der Waals surface area contributed by atoms with Crippen LogP contribution in [0.5, 0.6) is 0 Å². The van der Waals surface area contributed by atoms with Crippen LogP contribution in [0.25, 0.3) is 0 Å². The van der Waals surface area contributed by atoms with E-state index in [-0.39, 0.29) is 21.8 Å². The highest BCUT2D eigenvalue weighted by Gasteiger charge is 2.26. The average molecular weight is 552 g/mol. The van der Waals surface area contributed by atoms with Crippen molar-refractivity contribution in [1.82, 2.24) is 10.2 Å². The van der Waals surface area contributed by atoms with Crippen molar-refractivity contribution >= 4 is 43.3 Å². The normalized spacial score (nSPS) is 15.8. The highest BCUT2D eigenvalue weighted by molar-refractivity contribution is 9.10. The number of amides is 1. The predicted molar refractivity (Wildman–Crippen MR) is 130 cm³/mol. The summed E-state index contributed by atoms with van der Waals surface area (Å²) in [5.41, 5.74) is 1.07. The summed E-state index contributed by atoms with van der Waals surface area (Å²) in [6.07, 6.45) is 3.44. The fourth-order valence-electron chi connectivity index (χ4n) is 3.97. The summed E-state index contributed by atoms with van der Waals surface area (Å²) in [7, 11) is -3.85. The number of likely N-dealkylation sites (tertiary alicyclic amines) is 1. The summed E-state index contributed by atoms with van der Waals surface area (Å²) in [5, 5.41) is 3.31. The molecule has 1 saturated heterocycles. The third kappa shape index (κ3) is 5.69. The van der Waals surface area contributed by atoms with Gasteiger partial charge in [0.15, 0.2) is 5.76 Å². The van der Waals surface area contributed by atoms with Crippen molar-refractivity contribution in [1.29, 1.82) is 0 Å². The maximum absolute atomic E-state index is 12.8. The number of sulfone groups is 1. The maximum atomic E-state index is 12.8. The minimum atomic E-state index is -3.85. The molecule has 0 radical (unpaired) electrons. The topological polar surface area (TPSA) is 79.6 Å². The number of nitrogens with zero attached hydrogens (tertiary/aromatic N) is 1. The van der Waals surface area contributed by atoms with Crippen molar-refractivity contribution in [2.24, 2.45) is 0 Å². The van der Waals surface area contributed by atoms with Crippen molar-refractivity contribution in [2.45, 2.75) is 35.3 Å². The van der Waals surface area contributed by atoms with Gasteiger partial charge in [0, 0.05) is 16.0 Å². The first kappa shape index (κ1) is 24.0. The Morgan fingerprint density at radius 3 is 2.33 bits per heavy atom. The van der Waals surface area contributed by atoms with Gasteiger partial charge in [0.05, 0.1) is 10.9 Å². The molecule has 0 bridgehead atoms. The van der Waals surface area contributed by atoms with Crippen molar-refractivity contribution in [3.63, 3.8) is 0 Å². The van der Waals surface area contributed by atoms with Gasteiger partial charge >= 0.3 is 0 Å². The minimum absolute atomic E-state index is 0.00699. The summed E-state index contributed by atoms with van der Waals surface area (Å²) in [6, 6.07) is 16.6. The van der Waals surface area contributed by atoms with Crippen LogP contribution in [-0.4, -0.2) is 38.9 Å². The molecule has 6 nitrogen and oxygen atoms in total. The molecule has 1 aliphatic heterocycles. The Morgan fingerprint density at radius 1 is 1.00 bits per heavy atom. The molecular formula is C24H24BrClN2O4S. The number of nitrogens with one attached hydrogen (secondary N) is 1. The third-order valence-electron chi connectivity index (χ3n) is 5.74. The molecule has 2 aromatic carbocycles. The van der Waals surface area contributed by atoms with Gasteiger partial charge < -0.3 is 9.73 Å². The highest BCUT2D eigenvalue weighted by Crippen LogP contribution is 2.27. The molecule has 1 atom stereocenters. The van der Waals surface area contributed by atoms with Gasteiger partial charge in [-0.25, -0.2) is 8.42 Å². The number of carbonyl (C=O) groups excluding carboxylic acids is 1. The molecule has 1 amide bonds.